The van der Waals surface area contributed by atoms with Gasteiger partial charge in [-0.05, 0) is 71.1 Å². The summed E-state index contributed by atoms with van der Waals surface area (Å²) >= 11 is 0. The molecule has 179 valence electrons. The quantitative estimate of drug-likeness (QED) is 0.107. The molecule has 1 aromatic carbocycles. The zero-order chi connectivity index (χ0) is 23.9. The summed E-state index contributed by atoms with van der Waals surface area (Å²) in [7, 11) is 1.29. The van der Waals surface area contributed by atoms with Crippen molar-refractivity contribution in [2.24, 2.45) is 0 Å². The van der Waals surface area contributed by atoms with Crippen molar-refractivity contribution in [1.29, 1.82) is 0 Å². The predicted molar refractivity (Wildman–Crippen MR) is 132 cm³/mol. The second-order valence-electron chi connectivity index (χ2n) is 6.88. The standard InChI is InChI=1S/C16H19OP.2C5H5.CHO.CO.2Fe/c1-13-7-9-14(10-8-13)15(11-17)12-18-16-5-3-2-4-6-16;2*1-2-4-5-3-1;2*1-2;;/h7-10,12,16H,2-6H2,1H3;2*1-5H;1H;;;/q-2;;;-1;;+2;+3/b15-12+;;;;;;. The maximum atomic E-state index is 11.1. The van der Waals surface area contributed by atoms with Gasteiger partial charge in [-0.25, -0.2) is 0 Å². The summed E-state index contributed by atoms with van der Waals surface area (Å²) in [5.41, 5.74) is 3.66. The van der Waals surface area contributed by atoms with E-state index in [2.05, 4.69) is 26.6 Å². The number of hydrogen-bond donors (Lipinski definition) is 0. The summed E-state index contributed by atoms with van der Waals surface area (Å²) in [5, 5.41) is 0. The van der Waals surface area contributed by atoms with Crippen LogP contribution in [0.15, 0.2) is 30.1 Å². The Hall–Kier alpha value is -0.491. The van der Waals surface area contributed by atoms with Crippen LogP contribution in [0.4, 0.5) is 0 Å². The van der Waals surface area contributed by atoms with Crippen LogP contribution in [0.2, 0.25) is 0 Å². The van der Waals surface area contributed by atoms with Crippen LogP contribution in [0.25, 0.3) is 5.57 Å². The van der Waals surface area contributed by atoms with Crippen molar-refractivity contribution in [1.82, 2.24) is 0 Å². The van der Waals surface area contributed by atoms with Gasteiger partial charge in [0.25, 0.3) is 0 Å². The Morgan fingerprint density at radius 3 is 1.62 bits per heavy atom. The van der Waals surface area contributed by atoms with Crippen LogP contribution in [0.1, 0.15) is 43.2 Å². The van der Waals surface area contributed by atoms with Crippen molar-refractivity contribution in [3.8, 4) is 0 Å². The Balaban J connectivity index is -0.000000494. The van der Waals surface area contributed by atoms with Crippen molar-refractivity contribution < 1.29 is 48.4 Å². The van der Waals surface area contributed by atoms with Gasteiger partial charge in [0.2, 0.25) is 0 Å². The Kier molecular flexibility index (Phi) is 32.2. The van der Waals surface area contributed by atoms with Crippen molar-refractivity contribution in [3.05, 3.63) is 112 Å². The third-order valence-corrected chi connectivity index (χ3v) is 5.92. The van der Waals surface area contributed by atoms with Gasteiger partial charge in [-0.2, -0.15) is 11.2 Å². The molecule has 0 spiro atoms. The van der Waals surface area contributed by atoms with Crippen molar-refractivity contribution in [3.63, 3.8) is 0 Å². The Morgan fingerprint density at radius 1 is 0.882 bits per heavy atom. The zero-order valence-corrected chi connectivity index (χ0v) is 22.3. The molecule has 3 aliphatic carbocycles. The fraction of sp³-hybridized carbons (Fsp3) is 0.250. The summed E-state index contributed by atoms with van der Waals surface area (Å²) in [6, 6.07) is 8.08. The Morgan fingerprint density at radius 2 is 1.26 bits per heavy atom. The molecule has 3 nitrogen and oxygen atoms in total. The summed E-state index contributed by atoms with van der Waals surface area (Å²) in [6.07, 6.45) is 28.8. The van der Waals surface area contributed by atoms with Gasteiger partial charge >= 0.3 is 45.4 Å². The minimum Gasteiger partial charge on any atom is -0.545 e. The number of benzene rings is 1. The van der Waals surface area contributed by atoms with E-state index in [9.17, 15) is 4.79 Å². The SMILES string of the molecule is Cc1ccc(/C([C-]=O)=C/[P-]C2CCCCC2)cc1.[C-]#[O+].[CH-]=O.[CH]1[CH][CH][CH][CH]1.[CH]1[CH][CH][CH][CH]1.[Fe+2].[Fe+3]. The molecule has 0 amide bonds. The number of aryl methyl sites for hydroxylation is 1. The molecule has 3 aliphatic rings. The second-order valence-corrected chi connectivity index (χ2v) is 8.16. The molecule has 3 saturated carbocycles. The van der Waals surface area contributed by atoms with Gasteiger partial charge < -0.3 is 24.0 Å². The first-order valence-corrected chi connectivity index (χ1v) is 11.5. The van der Waals surface area contributed by atoms with Gasteiger partial charge in [0.1, 0.15) is 0 Å². The molecule has 0 atom stereocenters. The van der Waals surface area contributed by atoms with Crippen LogP contribution in [0.5, 0.6) is 0 Å². The van der Waals surface area contributed by atoms with E-state index in [4.69, 9.17) is 9.45 Å². The molecule has 0 heterocycles. The third-order valence-electron chi connectivity index (χ3n) is 4.57. The maximum Gasteiger partial charge on any atom is 3.00 e. The van der Waals surface area contributed by atoms with E-state index in [1.807, 2.05) is 94.3 Å². The average molecular weight is 557 g/mol. The van der Waals surface area contributed by atoms with E-state index >= 15 is 0 Å². The van der Waals surface area contributed by atoms with Crippen LogP contribution in [0.3, 0.4) is 0 Å². The first-order valence-electron chi connectivity index (χ1n) is 10.4. The third kappa shape index (κ3) is 19.8. The van der Waals surface area contributed by atoms with E-state index < -0.39 is 0 Å². The van der Waals surface area contributed by atoms with E-state index in [0.717, 1.165) is 11.2 Å². The van der Waals surface area contributed by atoms with Gasteiger partial charge in [-0.15, -0.1) is 17.7 Å². The summed E-state index contributed by atoms with van der Waals surface area (Å²) in [5.74, 6) is 2.05. The molecule has 0 aliphatic heterocycles. The Bertz CT molecular complexity index is 593. The van der Waals surface area contributed by atoms with Crippen molar-refractivity contribution in [2.75, 3.05) is 0 Å². The molecule has 6 heteroatoms. The number of hydrogen-bond acceptors (Lipinski definition) is 2. The number of allylic oxidation sites excluding steroid dienone is 1. The number of rotatable bonds is 4. The molecule has 0 bridgehead atoms. The van der Waals surface area contributed by atoms with Crippen LogP contribution < -0.4 is 0 Å². The van der Waals surface area contributed by atoms with Crippen LogP contribution >= 0.6 is 8.58 Å². The second kappa shape index (κ2) is 28.7. The van der Waals surface area contributed by atoms with Crippen molar-refractivity contribution in [2.45, 2.75) is 44.7 Å². The first-order chi connectivity index (χ1) is 15.8. The molecule has 11 radical (unpaired) electrons. The smallest absolute Gasteiger partial charge is 0.545 e. The fourth-order valence-corrected chi connectivity index (χ4v) is 4.17. The molecular formula is C28H30Fe2O3P+2. The minimum atomic E-state index is 0. The van der Waals surface area contributed by atoms with E-state index in [1.54, 1.807) is 0 Å². The summed E-state index contributed by atoms with van der Waals surface area (Å²) < 4.78 is 7.50. The monoisotopic (exact) mass is 557 g/mol. The fourth-order valence-electron chi connectivity index (χ4n) is 2.94. The molecule has 0 saturated heterocycles. The normalized spacial score (nSPS) is 17.0. The molecule has 0 unspecified atom stereocenters. The number of carbonyl (C=O) groups excluding carboxylic acids is 2. The van der Waals surface area contributed by atoms with Gasteiger partial charge in [0, 0.05) is 0 Å². The molecule has 34 heavy (non-hydrogen) atoms. The van der Waals surface area contributed by atoms with Crippen LogP contribution in [-0.4, -0.2) is 18.7 Å². The molecule has 4 rings (SSSR count). The molecule has 1 aromatic rings. The molecule has 0 aromatic heterocycles. The largest absolute Gasteiger partial charge is 3.00 e. The topological polar surface area (TPSA) is 54.0 Å². The average Bonchev–Trinajstić information content (AvgIpc) is 3.63. The summed E-state index contributed by atoms with van der Waals surface area (Å²) in [4.78, 5) is 18.8. The Labute approximate surface area is 231 Å². The molecule has 0 N–H and O–H groups in total. The van der Waals surface area contributed by atoms with Gasteiger partial charge in [-0.1, -0.05) is 49.8 Å². The van der Waals surface area contributed by atoms with E-state index in [1.165, 1.54) is 46.2 Å². The molecule has 3 fully saturated rings. The molecular weight excluding hydrogens is 527 g/mol. The van der Waals surface area contributed by atoms with Crippen molar-refractivity contribution >= 4 is 27.2 Å². The minimum absolute atomic E-state index is 0. The zero-order valence-electron chi connectivity index (χ0n) is 19.2. The van der Waals surface area contributed by atoms with E-state index in [-0.39, 0.29) is 34.1 Å². The first kappa shape index (κ1) is 38.0. The van der Waals surface area contributed by atoms with Gasteiger partial charge in [0.05, 0.1) is 6.29 Å². The summed E-state index contributed by atoms with van der Waals surface area (Å²) in [6.45, 7) is 9.80. The predicted octanol–water partition coefficient (Wildman–Crippen LogP) is 6.45. The van der Waals surface area contributed by atoms with E-state index in [0.29, 0.717) is 5.57 Å². The maximum absolute atomic E-state index is 11.1. The van der Waals surface area contributed by atoms with Crippen LogP contribution in [-0.2, 0) is 48.4 Å². The van der Waals surface area contributed by atoms with Gasteiger partial charge in [0.15, 0.2) is 0 Å². The van der Waals surface area contributed by atoms with Gasteiger partial charge in [-0.3, -0.25) is 6.79 Å². The van der Waals surface area contributed by atoms with Crippen LogP contribution in [0, 0.1) is 77.8 Å².